The number of sulfonamides is 1. The van der Waals surface area contributed by atoms with Gasteiger partial charge in [0.25, 0.3) is 0 Å². The van der Waals surface area contributed by atoms with Gasteiger partial charge in [0.1, 0.15) is 5.92 Å². The van der Waals surface area contributed by atoms with Crippen molar-refractivity contribution in [1.29, 1.82) is 0 Å². The standard InChI is InChI=1S/C11H14N2O5S/c1-7(11(15)16)10(14)12-8-5-3-4-6-9(8)13-19(2,17)18/h3-7,13H,1-2H3,(H,12,14)(H,15,16). The van der Waals surface area contributed by atoms with Crippen molar-refractivity contribution in [3.05, 3.63) is 24.3 Å². The average Bonchev–Trinajstić information content (AvgIpc) is 2.28. The van der Waals surface area contributed by atoms with Crippen molar-refractivity contribution in [3.63, 3.8) is 0 Å². The molecule has 1 aromatic carbocycles. The molecule has 0 aromatic heterocycles. The number of rotatable bonds is 5. The molecule has 1 rings (SSSR count). The monoisotopic (exact) mass is 286 g/mol. The fraction of sp³-hybridized carbons (Fsp3) is 0.273. The van der Waals surface area contributed by atoms with E-state index in [1.54, 1.807) is 12.1 Å². The highest BCUT2D eigenvalue weighted by Gasteiger charge is 2.21. The van der Waals surface area contributed by atoms with Crippen LogP contribution in [0, 0.1) is 5.92 Å². The van der Waals surface area contributed by atoms with E-state index in [1.165, 1.54) is 19.1 Å². The minimum atomic E-state index is -3.49. The molecule has 0 aliphatic rings. The summed E-state index contributed by atoms with van der Waals surface area (Å²) in [7, 11) is -3.49. The molecule has 0 heterocycles. The summed E-state index contributed by atoms with van der Waals surface area (Å²) in [6.45, 7) is 1.24. The highest BCUT2D eigenvalue weighted by atomic mass is 32.2. The zero-order valence-corrected chi connectivity index (χ0v) is 11.2. The van der Waals surface area contributed by atoms with Crippen LogP contribution < -0.4 is 10.0 Å². The predicted molar refractivity (Wildman–Crippen MR) is 70.3 cm³/mol. The quantitative estimate of drug-likeness (QED) is 0.690. The maximum Gasteiger partial charge on any atom is 0.315 e. The van der Waals surface area contributed by atoms with E-state index in [2.05, 4.69) is 10.0 Å². The molecule has 1 aromatic rings. The largest absolute Gasteiger partial charge is 0.481 e. The number of nitrogens with one attached hydrogen (secondary N) is 2. The molecule has 0 bridgehead atoms. The van der Waals surface area contributed by atoms with E-state index in [0.717, 1.165) is 6.26 Å². The van der Waals surface area contributed by atoms with Crippen LogP contribution in [0.5, 0.6) is 0 Å². The second-order valence-electron chi connectivity index (χ2n) is 3.97. The van der Waals surface area contributed by atoms with E-state index in [0.29, 0.717) is 0 Å². The van der Waals surface area contributed by atoms with Gasteiger partial charge in [0.05, 0.1) is 17.6 Å². The van der Waals surface area contributed by atoms with Crippen molar-refractivity contribution < 1.29 is 23.1 Å². The van der Waals surface area contributed by atoms with Crippen molar-refractivity contribution in [3.8, 4) is 0 Å². The van der Waals surface area contributed by atoms with Crippen LogP contribution in [0.15, 0.2) is 24.3 Å². The summed E-state index contributed by atoms with van der Waals surface area (Å²) < 4.78 is 24.6. The van der Waals surface area contributed by atoms with Crippen LogP contribution in [0.1, 0.15) is 6.92 Å². The van der Waals surface area contributed by atoms with Crippen molar-refractivity contribution in [2.75, 3.05) is 16.3 Å². The van der Waals surface area contributed by atoms with Gasteiger partial charge in [-0.05, 0) is 19.1 Å². The molecule has 7 nitrogen and oxygen atoms in total. The van der Waals surface area contributed by atoms with Gasteiger partial charge in [0.2, 0.25) is 15.9 Å². The minimum absolute atomic E-state index is 0.177. The van der Waals surface area contributed by atoms with Gasteiger partial charge >= 0.3 is 5.97 Å². The summed E-state index contributed by atoms with van der Waals surface area (Å²) in [6, 6.07) is 6.11. The third-order valence-electron chi connectivity index (χ3n) is 2.24. The Balaban J connectivity index is 2.96. The number of aliphatic carboxylic acids is 1. The Morgan fingerprint density at radius 3 is 2.21 bits per heavy atom. The summed E-state index contributed by atoms with van der Waals surface area (Å²) >= 11 is 0. The number of hydrogen-bond donors (Lipinski definition) is 3. The number of para-hydroxylation sites is 2. The van der Waals surface area contributed by atoms with E-state index >= 15 is 0 Å². The molecule has 0 fully saturated rings. The summed E-state index contributed by atoms with van der Waals surface area (Å²) in [6.07, 6.45) is 0.978. The SMILES string of the molecule is CC(C(=O)O)C(=O)Nc1ccccc1NS(C)(=O)=O. The lowest BCUT2D eigenvalue weighted by molar-refractivity contribution is -0.144. The summed E-state index contributed by atoms with van der Waals surface area (Å²) in [4.78, 5) is 22.3. The molecule has 19 heavy (non-hydrogen) atoms. The van der Waals surface area contributed by atoms with Crippen LogP contribution in [0.3, 0.4) is 0 Å². The van der Waals surface area contributed by atoms with Gasteiger partial charge in [-0.2, -0.15) is 0 Å². The predicted octanol–water partition coefficient (Wildman–Crippen LogP) is 0.717. The van der Waals surface area contributed by atoms with E-state index in [4.69, 9.17) is 5.11 Å². The van der Waals surface area contributed by atoms with Gasteiger partial charge in [-0.3, -0.25) is 14.3 Å². The van der Waals surface area contributed by atoms with E-state index in [1.807, 2.05) is 0 Å². The van der Waals surface area contributed by atoms with Crippen LogP contribution in [0.25, 0.3) is 0 Å². The molecule has 104 valence electrons. The zero-order chi connectivity index (χ0) is 14.6. The zero-order valence-electron chi connectivity index (χ0n) is 10.4. The minimum Gasteiger partial charge on any atom is -0.481 e. The Morgan fingerprint density at radius 1 is 1.21 bits per heavy atom. The second-order valence-corrected chi connectivity index (χ2v) is 5.72. The number of hydrogen-bond acceptors (Lipinski definition) is 4. The number of carboxylic acid groups (broad SMARTS) is 1. The Bertz CT molecular complexity index is 597. The molecule has 1 unspecified atom stereocenters. The molecule has 0 aliphatic carbocycles. The molecule has 3 N–H and O–H groups in total. The van der Waals surface area contributed by atoms with Crippen molar-refractivity contribution in [1.82, 2.24) is 0 Å². The first-order valence-corrected chi connectivity index (χ1v) is 7.20. The van der Waals surface area contributed by atoms with Crippen molar-refractivity contribution in [2.45, 2.75) is 6.92 Å². The first kappa shape index (κ1) is 15.0. The molecule has 0 radical (unpaired) electrons. The third kappa shape index (κ3) is 4.59. The topological polar surface area (TPSA) is 113 Å². The molecular weight excluding hydrogens is 272 g/mol. The molecule has 0 saturated heterocycles. The van der Waals surface area contributed by atoms with Crippen LogP contribution in [-0.4, -0.2) is 31.7 Å². The van der Waals surface area contributed by atoms with Gasteiger partial charge in [0, 0.05) is 0 Å². The smallest absolute Gasteiger partial charge is 0.315 e. The van der Waals surface area contributed by atoms with E-state index in [9.17, 15) is 18.0 Å². The number of carboxylic acids is 1. The van der Waals surface area contributed by atoms with Crippen molar-refractivity contribution in [2.24, 2.45) is 5.92 Å². The third-order valence-corrected chi connectivity index (χ3v) is 2.83. The summed E-state index contributed by atoms with van der Waals surface area (Å²) in [5, 5.41) is 11.1. The van der Waals surface area contributed by atoms with Crippen LogP contribution in [0.2, 0.25) is 0 Å². The highest BCUT2D eigenvalue weighted by molar-refractivity contribution is 7.92. The second kappa shape index (κ2) is 5.70. The lowest BCUT2D eigenvalue weighted by Crippen LogP contribution is -2.27. The molecule has 0 spiro atoms. The molecule has 1 atom stereocenters. The van der Waals surface area contributed by atoms with E-state index in [-0.39, 0.29) is 11.4 Å². The molecule has 1 amide bonds. The molecular formula is C11H14N2O5S. The Labute approximate surface area is 110 Å². The first-order valence-electron chi connectivity index (χ1n) is 5.31. The average molecular weight is 286 g/mol. The number of carbonyl (C=O) groups excluding carboxylic acids is 1. The number of benzene rings is 1. The Morgan fingerprint density at radius 2 is 1.74 bits per heavy atom. The van der Waals surface area contributed by atoms with Crippen molar-refractivity contribution >= 4 is 33.3 Å². The molecule has 8 heteroatoms. The summed E-state index contributed by atoms with van der Waals surface area (Å²) in [5.74, 6) is -3.22. The molecule has 0 saturated carbocycles. The number of anilines is 2. The maximum absolute atomic E-state index is 11.6. The fourth-order valence-corrected chi connectivity index (χ4v) is 1.81. The lowest BCUT2D eigenvalue weighted by atomic mass is 10.1. The lowest BCUT2D eigenvalue weighted by Gasteiger charge is -2.13. The number of amides is 1. The van der Waals surface area contributed by atoms with E-state index < -0.39 is 27.8 Å². The highest BCUT2D eigenvalue weighted by Crippen LogP contribution is 2.22. The molecule has 0 aliphatic heterocycles. The van der Waals surface area contributed by atoms with Gasteiger partial charge in [-0.1, -0.05) is 12.1 Å². The summed E-state index contributed by atoms with van der Waals surface area (Å²) in [5.41, 5.74) is 0.377. The van der Waals surface area contributed by atoms with Gasteiger partial charge < -0.3 is 10.4 Å². The first-order chi connectivity index (χ1) is 8.70. The Hall–Kier alpha value is -2.09. The fourth-order valence-electron chi connectivity index (χ4n) is 1.23. The number of carbonyl (C=O) groups is 2. The van der Waals surface area contributed by atoms with Crippen LogP contribution >= 0.6 is 0 Å². The van der Waals surface area contributed by atoms with Gasteiger partial charge in [0.15, 0.2) is 0 Å². The Kier molecular flexibility index (Phi) is 4.49. The van der Waals surface area contributed by atoms with Crippen LogP contribution in [-0.2, 0) is 19.6 Å². The van der Waals surface area contributed by atoms with Gasteiger partial charge in [-0.15, -0.1) is 0 Å². The van der Waals surface area contributed by atoms with Crippen LogP contribution in [0.4, 0.5) is 11.4 Å². The van der Waals surface area contributed by atoms with Gasteiger partial charge in [-0.25, -0.2) is 8.42 Å². The normalized spacial score (nSPS) is 12.5. The maximum atomic E-state index is 11.6.